The molecule has 0 radical (unpaired) electrons. The topological polar surface area (TPSA) is 90.7 Å². The van der Waals surface area contributed by atoms with Gasteiger partial charge in [-0.2, -0.15) is 0 Å². The van der Waals surface area contributed by atoms with E-state index in [0.717, 1.165) is 5.56 Å². The van der Waals surface area contributed by atoms with E-state index in [1.165, 1.54) is 6.07 Å². The number of nitrogens with zero attached hydrogens (tertiary/aromatic N) is 1. The Kier molecular flexibility index (Phi) is 8.76. The van der Waals surface area contributed by atoms with Crippen LogP contribution in [-0.4, -0.2) is 30.4 Å². The Bertz CT molecular complexity index is 1440. The molecule has 9 heteroatoms. The molecule has 196 valence electrons. The van der Waals surface area contributed by atoms with E-state index in [-0.39, 0.29) is 25.6 Å². The van der Waals surface area contributed by atoms with Crippen LogP contribution in [0.15, 0.2) is 71.3 Å². The molecule has 0 spiro atoms. The molecule has 1 N–H and O–H groups in total. The van der Waals surface area contributed by atoms with Crippen molar-refractivity contribution in [3.63, 3.8) is 0 Å². The van der Waals surface area contributed by atoms with Crippen LogP contribution in [0.2, 0.25) is 5.02 Å². The zero-order valence-corrected chi connectivity index (χ0v) is 21.7. The summed E-state index contributed by atoms with van der Waals surface area (Å²) in [7, 11) is 0. The number of nitrogens with one attached hydrogen (secondary N) is 1. The molecule has 4 aromatic rings. The highest BCUT2D eigenvalue weighted by Crippen LogP contribution is 2.33. The lowest BCUT2D eigenvalue weighted by Crippen LogP contribution is -2.16. The second kappa shape index (κ2) is 12.4. The molecule has 0 saturated heterocycles. The third-order valence-corrected chi connectivity index (χ3v) is 6.16. The van der Waals surface area contributed by atoms with E-state index in [9.17, 15) is 14.0 Å². The predicted octanol–water partition coefficient (Wildman–Crippen LogP) is 7.01. The number of carbonyl (C=O) groups excluding carboxylic acids is 2. The van der Waals surface area contributed by atoms with Crippen LogP contribution in [0.5, 0.6) is 0 Å². The number of amides is 1. The normalized spacial score (nSPS) is 10.7. The molecule has 0 aliphatic rings. The van der Waals surface area contributed by atoms with Gasteiger partial charge >= 0.3 is 12.1 Å². The van der Waals surface area contributed by atoms with Crippen molar-refractivity contribution in [2.45, 2.75) is 26.7 Å². The first-order valence-corrected chi connectivity index (χ1v) is 12.4. The van der Waals surface area contributed by atoms with Gasteiger partial charge in [0.15, 0.2) is 5.76 Å². The molecular weight excluding hydrogens is 511 g/mol. The summed E-state index contributed by atoms with van der Waals surface area (Å²) in [6.07, 6.45) is -0.122. The highest BCUT2D eigenvalue weighted by molar-refractivity contribution is 6.31. The van der Waals surface area contributed by atoms with Gasteiger partial charge in [-0.25, -0.2) is 9.18 Å². The van der Waals surface area contributed by atoms with Gasteiger partial charge in [-0.1, -0.05) is 65.3 Å². The van der Waals surface area contributed by atoms with E-state index in [2.05, 4.69) is 10.5 Å². The monoisotopic (exact) mass is 536 g/mol. The largest absolute Gasteiger partial charge is 0.466 e. The van der Waals surface area contributed by atoms with E-state index in [0.29, 0.717) is 50.8 Å². The molecule has 7 nitrogen and oxygen atoms in total. The Balaban J connectivity index is 1.45. The lowest BCUT2D eigenvalue weighted by atomic mass is 9.99. The summed E-state index contributed by atoms with van der Waals surface area (Å²) in [5.41, 5.74) is 3.98. The zero-order chi connectivity index (χ0) is 27.1. The maximum Gasteiger partial charge on any atom is 0.411 e. The van der Waals surface area contributed by atoms with Crippen LogP contribution < -0.4 is 5.32 Å². The first-order valence-electron chi connectivity index (χ1n) is 12.0. The number of halogens is 2. The Morgan fingerprint density at radius 1 is 1.03 bits per heavy atom. The Hall–Kier alpha value is -4.17. The molecule has 0 aliphatic carbocycles. The number of carbonyl (C=O) groups is 2. The van der Waals surface area contributed by atoms with Crippen molar-refractivity contribution >= 4 is 29.4 Å². The smallest absolute Gasteiger partial charge is 0.411 e. The van der Waals surface area contributed by atoms with E-state index in [1.54, 1.807) is 56.3 Å². The van der Waals surface area contributed by atoms with E-state index in [4.69, 9.17) is 25.6 Å². The number of aryl methyl sites for hydroxylation is 1. The summed E-state index contributed by atoms with van der Waals surface area (Å²) < 4.78 is 30.3. The van der Waals surface area contributed by atoms with E-state index < -0.39 is 11.9 Å². The Labute approximate surface area is 224 Å². The van der Waals surface area contributed by atoms with Gasteiger partial charge in [0, 0.05) is 22.6 Å². The summed E-state index contributed by atoms with van der Waals surface area (Å²) in [4.78, 5) is 24.3. The molecule has 1 amide bonds. The number of hydrogen-bond acceptors (Lipinski definition) is 6. The first kappa shape index (κ1) is 26.9. The second-order valence-corrected chi connectivity index (χ2v) is 8.85. The average molecular weight is 537 g/mol. The van der Waals surface area contributed by atoms with Crippen LogP contribution >= 0.6 is 11.6 Å². The van der Waals surface area contributed by atoms with Gasteiger partial charge in [-0.3, -0.25) is 10.1 Å². The SMILES string of the molecule is CCOC(=O)Cc1ccc(F)c(-c2ccc(-c3onc(C)c3NC(=O)OCCc3ccccc3Cl)cc2)c1. The van der Waals surface area contributed by atoms with Crippen molar-refractivity contribution in [1.82, 2.24) is 5.16 Å². The van der Waals surface area contributed by atoms with Gasteiger partial charge < -0.3 is 14.0 Å². The molecule has 1 aromatic heterocycles. The molecule has 0 fully saturated rings. The quantitative estimate of drug-likeness (QED) is 0.231. The number of rotatable bonds is 9. The summed E-state index contributed by atoms with van der Waals surface area (Å²) in [6.45, 7) is 3.86. The maximum absolute atomic E-state index is 14.6. The molecule has 0 saturated carbocycles. The second-order valence-electron chi connectivity index (χ2n) is 8.45. The van der Waals surface area contributed by atoms with Crippen LogP contribution in [0.3, 0.4) is 0 Å². The molecule has 3 aromatic carbocycles. The van der Waals surface area contributed by atoms with Gasteiger partial charge in [-0.15, -0.1) is 0 Å². The first-order chi connectivity index (χ1) is 18.4. The Morgan fingerprint density at radius 2 is 1.76 bits per heavy atom. The molecule has 0 bridgehead atoms. The van der Waals surface area contributed by atoms with Crippen LogP contribution in [0.1, 0.15) is 23.7 Å². The molecule has 0 atom stereocenters. The third-order valence-electron chi connectivity index (χ3n) is 5.79. The van der Waals surface area contributed by atoms with Gasteiger partial charge in [0.2, 0.25) is 0 Å². The van der Waals surface area contributed by atoms with Gasteiger partial charge in [0.25, 0.3) is 0 Å². The lowest BCUT2D eigenvalue weighted by molar-refractivity contribution is -0.142. The number of esters is 1. The van der Waals surface area contributed by atoms with Crippen molar-refractivity contribution in [3.8, 4) is 22.5 Å². The maximum atomic E-state index is 14.6. The van der Waals surface area contributed by atoms with Gasteiger partial charge in [-0.05, 0) is 48.7 Å². The van der Waals surface area contributed by atoms with Crippen LogP contribution in [-0.2, 0) is 27.1 Å². The van der Waals surface area contributed by atoms with Gasteiger partial charge in [0.05, 0.1) is 19.6 Å². The number of anilines is 1. The lowest BCUT2D eigenvalue weighted by Gasteiger charge is -2.09. The summed E-state index contributed by atoms with van der Waals surface area (Å²) >= 11 is 6.15. The Morgan fingerprint density at radius 3 is 2.50 bits per heavy atom. The standard InChI is InChI=1S/C29H26ClFN2O5/c1-3-36-26(34)17-19-8-13-25(31)23(16-19)20-9-11-22(12-10-20)28-27(18(2)33-38-28)32-29(35)37-15-14-21-6-4-5-7-24(21)30/h4-13,16H,3,14-15,17H2,1-2H3,(H,32,35). The van der Waals surface area contributed by atoms with E-state index >= 15 is 0 Å². The average Bonchev–Trinajstić information content (AvgIpc) is 3.26. The molecule has 0 unspecified atom stereocenters. The fourth-order valence-corrected chi connectivity index (χ4v) is 4.12. The zero-order valence-electron chi connectivity index (χ0n) is 20.9. The summed E-state index contributed by atoms with van der Waals surface area (Å²) in [6, 6.07) is 18.8. The molecular formula is C29H26ClFN2O5. The number of ether oxygens (including phenoxy) is 2. The van der Waals surface area contributed by atoms with Crippen LogP contribution in [0, 0.1) is 12.7 Å². The fourth-order valence-electron chi connectivity index (χ4n) is 3.89. The molecule has 1 heterocycles. The molecule has 38 heavy (non-hydrogen) atoms. The van der Waals surface area contributed by atoms with Crippen molar-refractivity contribution in [2.75, 3.05) is 18.5 Å². The number of benzene rings is 3. The minimum absolute atomic E-state index is 0.0556. The number of aromatic nitrogens is 1. The predicted molar refractivity (Wildman–Crippen MR) is 143 cm³/mol. The highest BCUT2D eigenvalue weighted by Gasteiger charge is 2.19. The highest BCUT2D eigenvalue weighted by atomic mass is 35.5. The number of hydrogen-bond donors (Lipinski definition) is 1. The third kappa shape index (κ3) is 6.58. The molecule has 4 rings (SSSR count). The van der Waals surface area contributed by atoms with E-state index in [1.807, 2.05) is 18.2 Å². The summed E-state index contributed by atoms with van der Waals surface area (Å²) in [5, 5.41) is 7.28. The minimum Gasteiger partial charge on any atom is -0.466 e. The van der Waals surface area contributed by atoms with Crippen molar-refractivity contribution in [3.05, 3.63) is 94.4 Å². The van der Waals surface area contributed by atoms with Crippen molar-refractivity contribution in [1.29, 1.82) is 0 Å². The van der Waals surface area contributed by atoms with Crippen LogP contribution in [0.25, 0.3) is 22.5 Å². The van der Waals surface area contributed by atoms with Crippen LogP contribution in [0.4, 0.5) is 14.9 Å². The van der Waals surface area contributed by atoms with Crippen molar-refractivity contribution < 1.29 is 28.0 Å². The van der Waals surface area contributed by atoms with Gasteiger partial charge in [0.1, 0.15) is 17.2 Å². The summed E-state index contributed by atoms with van der Waals surface area (Å²) in [5.74, 6) is -0.445. The molecule has 0 aliphatic heterocycles. The minimum atomic E-state index is -0.651. The van der Waals surface area contributed by atoms with Crippen molar-refractivity contribution in [2.24, 2.45) is 0 Å². The fraction of sp³-hybridized carbons (Fsp3) is 0.207.